The number of hydrogen-bond acceptors (Lipinski definition) is 9. The number of aryl methyl sites for hydroxylation is 1. The third-order valence-corrected chi connectivity index (χ3v) is 8.20. The maximum atomic E-state index is 14.4. The first kappa shape index (κ1) is 30.3. The Bertz CT molecular complexity index is 1670. The Morgan fingerprint density at radius 3 is 2.49 bits per heavy atom. The molecular weight excluding hydrogens is 553 g/mol. The van der Waals surface area contributed by atoms with E-state index < -0.39 is 28.7 Å². The third-order valence-electron chi connectivity index (χ3n) is 6.92. The van der Waals surface area contributed by atoms with Crippen molar-refractivity contribution in [2.45, 2.75) is 59.2 Å². The zero-order valence-corrected chi connectivity index (χ0v) is 24.7. The normalized spacial score (nSPS) is 12.8. The van der Waals surface area contributed by atoms with E-state index in [-0.39, 0.29) is 43.3 Å². The predicted octanol–water partition coefficient (Wildman–Crippen LogP) is 3.36. The number of aliphatic hydroxyl groups excluding tert-OH is 1. The number of aliphatic hydroxyl groups is 1. The van der Waals surface area contributed by atoms with Gasteiger partial charge in [0.1, 0.15) is 33.0 Å². The van der Waals surface area contributed by atoms with Crippen molar-refractivity contribution in [3.8, 4) is 10.8 Å². The SMILES string of the molecule is COc1ccc(F)cc1[C@H](Cn1c(=O)n(C(C)(C)C(=O)CC(C)C)c(=O)c2c(C)c(-n3nccn3)sc21)OCCO. The van der Waals surface area contributed by atoms with Crippen LogP contribution in [-0.2, 0) is 21.6 Å². The molecule has 0 spiro atoms. The lowest BCUT2D eigenvalue weighted by atomic mass is 9.91. The minimum Gasteiger partial charge on any atom is -0.496 e. The summed E-state index contributed by atoms with van der Waals surface area (Å²) in [5, 5.41) is 18.6. The number of hydrogen-bond donors (Lipinski definition) is 1. The Balaban J connectivity index is 2.03. The fourth-order valence-electron chi connectivity index (χ4n) is 4.80. The molecule has 1 atom stereocenters. The monoisotopic (exact) mass is 587 g/mol. The molecule has 0 unspecified atom stereocenters. The van der Waals surface area contributed by atoms with Crippen LogP contribution in [0, 0.1) is 18.7 Å². The van der Waals surface area contributed by atoms with Gasteiger partial charge in [-0.05, 0) is 44.9 Å². The van der Waals surface area contributed by atoms with E-state index in [1.165, 1.54) is 47.1 Å². The molecular formula is C28H34FN5O6S. The van der Waals surface area contributed by atoms with Crippen LogP contribution in [0.15, 0.2) is 40.2 Å². The lowest BCUT2D eigenvalue weighted by Gasteiger charge is -2.28. The molecule has 0 radical (unpaired) electrons. The largest absolute Gasteiger partial charge is 0.496 e. The molecule has 1 aromatic carbocycles. The number of nitrogens with zero attached hydrogens (tertiary/aromatic N) is 5. The zero-order chi connectivity index (χ0) is 30.1. The van der Waals surface area contributed by atoms with E-state index in [4.69, 9.17) is 9.47 Å². The van der Waals surface area contributed by atoms with Crippen LogP contribution < -0.4 is 16.0 Å². The summed E-state index contributed by atoms with van der Waals surface area (Å²) in [6.45, 7) is 8.04. The van der Waals surface area contributed by atoms with Crippen molar-refractivity contribution in [1.82, 2.24) is 24.1 Å². The smallest absolute Gasteiger partial charge is 0.333 e. The van der Waals surface area contributed by atoms with Crippen molar-refractivity contribution in [3.05, 3.63) is 68.4 Å². The molecule has 0 fully saturated rings. The first-order valence-corrected chi connectivity index (χ1v) is 14.0. The number of benzene rings is 1. The number of ketones is 1. The van der Waals surface area contributed by atoms with Gasteiger partial charge in [0.15, 0.2) is 5.78 Å². The second-order valence-corrected chi connectivity index (χ2v) is 11.6. The van der Waals surface area contributed by atoms with Crippen LogP contribution in [0.1, 0.15) is 51.3 Å². The van der Waals surface area contributed by atoms with Crippen molar-refractivity contribution in [1.29, 1.82) is 0 Å². The van der Waals surface area contributed by atoms with Gasteiger partial charge in [-0.15, -0.1) is 4.80 Å². The minimum atomic E-state index is -1.47. The molecule has 4 aromatic rings. The highest BCUT2D eigenvalue weighted by Crippen LogP contribution is 2.34. The summed E-state index contributed by atoms with van der Waals surface area (Å²) >= 11 is 1.14. The Labute approximate surface area is 239 Å². The van der Waals surface area contributed by atoms with Gasteiger partial charge < -0.3 is 14.6 Å². The van der Waals surface area contributed by atoms with Crippen molar-refractivity contribution in [2.24, 2.45) is 5.92 Å². The standard InChI is InChI=1S/C28H34FN5O6S/c1-16(2)13-22(36)28(4,5)33-24(37)23-17(3)25(34-30-9-10-31-34)41-26(23)32(27(33)38)15-21(40-12-11-35)19-14-18(29)7-8-20(19)39-6/h7-10,14,16,21,35H,11-13,15H2,1-6H3/t21-/m0/s1. The first-order chi connectivity index (χ1) is 19.4. The Hall–Kier alpha value is -3.68. The molecule has 0 aliphatic rings. The van der Waals surface area contributed by atoms with Gasteiger partial charge in [-0.2, -0.15) is 10.2 Å². The van der Waals surface area contributed by atoms with Crippen molar-refractivity contribution < 1.29 is 23.8 Å². The average Bonchev–Trinajstić information content (AvgIpc) is 3.56. The third kappa shape index (κ3) is 5.74. The van der Waals surface area contributed by atoms with Gasteiger partial charge in [0.05, 0.1) is 44.6 Å². The van der Waals surface area contributed by atoms with Crippen molar-refractivity contribution >= 4 is 27.3 Å². The molecule has 3 aromatic heterocycles. The van der Waals surface area contributed by atoms with Gasteiger partial charge in [0, 0.05) is 17.5 Å². The zero-order valence-electron chi connectivity index (χ0n) is 23.9. The van der Waals surface area contributed by atoms with Crippen LogP contribution in [0.25, 0.3) is 15.2 Å². The lowest BCUT2D eigenvalue weighted by Crippen LogP contribution is -2.53. The summed E-state index contributed by atoms with van der Waals surface area (Å²) in [4.78, 5) is 43.3. The second kappa shape index (κ2) is 12.0. The van der Waals surface area contributed by atoms with Crippen LogP contribution in [0.4, 0.5) is 4.39 Å². The lowest BCUT2D eigenvalue weighted by molar-refractivity contribution is -0.127. The Kier molecular flexibility index (Phi) is 8.90. The van der Waals surface area contributed by atoms with E-state index in [0.29, 0.717) is 26.7 Å². The highest BCUT2D eigenvalue weighted by Gasteiger charge is 2.36. The van der Waals surface area contributed by atoms with Gasteiger partial charge in [-0.3, -0.25) is 14.2 Å². The quantitative estimate of drug-likeness (QED) is 0.267. The molecule has 41 heavy (non-hydrogen) atoms. The number of fused-ring (bicyclic) bond motifs is 1. The molecule has 0 aliphatic heterocycles. The fourth-order valence-corrected chi connectivity index (χ4v) is 6.02. The summed E-state index contributed by atoms with van der Waals surface area (Å²) < 4.78 is 28.1. The molecule has 0 aliphatic carbocycles. The molecule has 0 amide bonds. The molecule has 220 valence electrons. The number of Topliss-reactive ketones (excluding diaryl/α,β-unsaturated/α-hetero) is 1. The van der Waals surface area contributed by atoms with Crippen LogP contribution in [0.3, 0.4) is 0 Å². The van der Waals surface area contributed by atoms with Gasteiger partial charge in [0.2, 0.25) is 0 Å². The summed E-state index contributed by atoms with van der Waals surface area (Å²) in [5.41, 5.74) is -1.94. The van der Waals surface area contributed by atoms with Gasteiger partial charge >= 0.3 is 5.69 Å². The number of halogens is 1. The topological polar surface area (TPSA) is 130 Å². The number of aromatic nitrogens is 5. The Morgan fingerprint density at radius 1 is 1.20 bits per heavy atom. The van der Waals surface area contributed by atoms with E-state index in [0.717, 1.165) is 15.9 Å². The molecule has 0 bridgehead atoms. The molecule has 4 rings (SSSR count). The number of ether oxygens (including phenoxy) is 2. The van der Waals surface area contributed by atoms with E-state index in [1.54, 1.807) is 20.8 Å². The van der Waals surface area contributed by atoms with E-state index >= 15 is 0 Å². The number of carbonyl (C=O) groups excluding carboxylic acids is 1. The molecule has 11 nitrogen and oxygen atoms in total. The van der Waals surface area contributed by atoms with Gasteiger partial charge in [0.25, 0.3) is 5.56 Å². The average molecular weight is 588 g/mol. The summed E-state index contributed by atoms with van der Waals surface area (Å²) in [7, 11) is 1.43. The summed E-state index contributed by atoms with van der Waals surface area (Å²) in [6, 6.07) is 3.93. The van der Waals surface area contributed by atoms with Crippen LogP contribution in [0.2, 0.25) is 0 Å². The molecule has 0 saturated heterocycles. The van der Waals surface area contributed by atoms with Crippen molar-refractivity contribution in [3.63, 3.8) is 0 Å². The number of carbonyl (C=O) groups is 1. The van der Waals surface area contributed by atoms with Crippen LogP contribution >= 0.6 is 11.3 Å². The fraction of sp³-hybridized carbons (Fsp3) is 0.464. The van der Waals surface area contributed by atoms with Crippen LogP contribution in [-0.4, -0.2) is 55.3 Å². The number of methoxy groups -OCH3 is 1. The van der Waals surface area contributed by atoms with E-state index in [1.807, 2.05) is 13.8 Å². The number of rotatable bonds is 12. The van der Waals surface area contributed by atoms with Crippen LogP contribution in [0.5, 0.6) is 5.75 Å². The van der Waals surface area contributed by atoms with E-state index in [9.17, 15) is 23.9 Å². The highest BCUT2D eigenvalue weighted by molar-refractivity contribution is 7.21. The molecule has 0 saturated carbocycles. The van der Waals surface area contributed by atoms with Gasteiger partial charge in [-0.1, -0.05) is 25.2 Å². The minimum absolute atomic E-state index is 0.0144. The molecule has 3 heterocycles. The maximum absolute atomic E-state index is 14.4. The van der Waals surface area contributed by atoms with Gasteiger partial charge in [-0.25, -0.2) is 13.8 Å². The maximum Gasteiger partial charge on any atom is 0.333 e. The molecule has 13 heteroatoms. The Morgan fingerprint density at radius 2 is 1.88 bits per heavy atom. The molecule has 1 N–H and O–H groups in total. The first-order valence-electron chi connectivity index (χ1n) is 13.2. The van der Waals surface area contributed by atoms with Crippen molar-refractivity contribution in [2.75, 3.05) is 20.3 Å². The second-order valence-electron chi connectivity index (χ2n) is 10.6. The summed E-state index contributed by atoms with van der Waals surface area (Å²) in [5.74, 6) is -0.469. The van der Waals surface area contributed by atoms with E-state index in [2.05, 4.69) is 10.2 Å². The predicted molar refractivity (Wildman–Crippen MR) is 153 cm³/mol. The highest BCUT2D eigenvalue weighted by atomic mass is 32.1. The number of thiophene rings is 1. The summed E-state index contributed by atoms with van der Waals surface area (Å²) in [6.07, 6.45) is 2.21.